The Hall–Kier alpha value is 0. The monoisotopic (exact) mass is 150 g/mol. The van der Waals surface area contributed by atoms with Crippen molar-refractivity contribution < 1.29 is 0 Å². The lowest BCUT2D eigenvalue weighted by atomic mass is 9.47. The SMILES string of the molecule is CC12CCCC13CCCC3C2. The highest BCUT2D eigenvalue weighted by atomic mass is 14.7. The molecule has 0 saturated heterocycles. The minimum Gasteiger partial charge on any atom is -0.0591 e. The normalized spacial score (nSPS) is 60.3. The van der Waals surface area contributed by atoms with Crippen LogP contribution in [0.5, 0.6) is 0 Å². The van der Waals surface area contributed by atoms with Crippen molar-refractivity contribution in [1.29, 1.82) is 0 Å². The summed E-state index contributed by atoms with van der Waals surface area (Å²) in [6.07, 6.45) is 10.9. The Kier molecular flexibility index (Phi) is 0.990. The van der Waals surface area contributed by atoms with Crippen molar-refractivity contribution in [3.05, 3.63) is 0 Å². The molecule has 0 nitrogen and oxygen atoms in total. The molecule has 3 atom stereocenters. The number of rotatable bonds is 0. The highest BCUT2D eigenvalue weighted by Gasteiger charge is 2.65. The summed E-state index contributed by atoms with van der Waals surface area (Å²) in [7, 11) is 0. The molecule has 0 heteroatoms. The molecular weight excluding hydrogens is 132 g/mol. The van der Waals surface area contributed by atoms with Gasteiger partial charge in [-0.25, -0.2) is 0 Å². The van der Waals surface area contributed by atoms with Gasteiger partial charge in [-0.05, 0) is 48.9 Å². The third-order valence-electron chi connectivity index (χ3n) is 5.21. The van der Waals surface area contributed by atoms with E-state index in [1.807, 2.05) is 0 Å². The minimum absolute atomic E-state index is 0.814. The Labute approximate surface area is 69.4 Å². The molecule has 0 heterocycles. The first-order valence-corrected chi connectivity index (χ1v) is 5.27. The van der Waals surface area contributed by atoms with Gasteiger partial charge in [-0.1, -0.05) is 19.8 Å². The van der Waals surface area contributed by atoms with E-state index in [9.17, 15) is 0 Å². The molecule has 0 aromatic carbocycles. The Morgan fingerprint density at radius 3 is 2.64 bits per heavy atom. The van der Waals surface area contributed by atoms with Gasteiger partial charge in [-0.15, -0.1) is 0 Å². The summed E-state index contributed by atoms with van der Waals surface area (Å²) in [6.45, 7) is 2.56. The summed E-state index contributed by atoms with van der Waals surface area (Å²) < 4.78 is 0. The average Bonchev–Trinajstić information content (AvgIpc) is 2.42. The molecule has 62 valence electrons. The molecule has 11 heavy (non-hydrogen) atoms. The fraction of sp³-hybridized carbons (Fsp3) is 1.00. The van der Waals surface area contributed by atoms with E-state index in [-0.39, 0.29) is 0 Å². The van der Waals surface area contributed by atoms with Crippen LogP contribution in [0.3, 0.4) is 0 Å². The van der Waals surface area contributed by atoms with Gasteiger partial charge in [0.25, 0.3) is 0 Å². The first-order chi connectivity index (χ1) is 5.27. The Morgan fingerprint density at radius 2 is 1.91 bits per heavy atom. The van der Waals surface area contributed by atoms with Crippen molar-refractivity contribution in [2.45, 2.75) is 51.9 Å². The van der Waals surface area contributed by atoms with Crippen molar-refractivity contribution in [2.24, 2.45) is 16.7 Å². The molecule has 3 saturated carbocycles. The van der Waals surface area contributed by atoms with E-state index in [1.165, 1.54) is 6.42 Å². The fourth-order valence-corrected chi connectivity index (χ4v) is 4.63. The van der Waals surface area contributed by atoms with Crippen LogP contribution in [0.4, 0.5) is 0 Å². The van der Waals surface area contributed by atoms with E-state index < -0.39 is 0 Å². The second-order valence-corrected chi connectivity index (χ2v) is 5.36. The van der Waals surface area contributed by atoms with Gasteiger partial charge in [-0.2, -0.15) is 0 Å². The van der Waals surface area contributed by atoms with Crippen LogP contribution in [-0.2, 0) is 0 Å². The molecule has 0 aromatic heterocycles. The lowest BCUT2D eigenvalue weighted by Crippen LogP contribution is -2.50. The summed E-state index contributed by atoms with van der Waals surface area (Å²) in [5.74, 6) is 1.16. The highest BCUT2D eigenvalue weighted by Crippen LogP contribution is 2.75. The molecule has 0 N–H and O–H groups in total. The first kappa shape index (κ1) is 6.51. The van der Waals surface area contributed by atoms with Gasteiger partial charge in [0, 0.05) is 0 Å². The molecule has 3 aliphatic carbocycles. The Morgan fingerprint density at radius 1 is 1.09 bits per heavy atom. The molecule has 3 aliphatic rings. The maximum atomic E-state index is 2.56. The zero-order valence-electron chi connectivity index (χ0n) is 7.53. The standard InChI is InChI=1S/C11H18/c1-10-5-3-7-11(10)6-2-4-9(11)8-10/h9H,2-8H2,1H3. The topological polar surface area (TPSA) is 0 Å². The van der Waals surface area contributed by atoms with E-state index in [0.717, 1.165) is 16.7 Å². The number of hydrogen-bond acceptors (Lipinski definition) is 0. The molecule has 3 unspecified atom stereocenters. The van der Waals surface area contributed by atoms with Gasteiger partial charge in [0.15, 0.2) is 0 Å². The summed E-state index contributed by atoms with van der Waals surface area (Å²) in [4.78, 5) is 0. The molecule has 0 radical (unpaired) electrons. The van der Waals surface area contributed by atoms with E-state index in [4.69, 9.17) is 0 Å². The van der Waals surface area contributed by atoms with Crippen LogP contribution in [0.1, 0.15) is 51.9 Å². The van der Waals surface area contributed by atoms with Gasteiger partial charge in [0.2, 0.25) is 0 Å². The van der Waals surface area contributed by atoms with Crippen molar-refractivity contribution in [3.8, 4) is 0 Å². The van der Waals surface area contributed by atoms with Crippen molar-refractivity contribution >= 4 is 0 Å². The van der Waals surface area contributed by atoms with Gasteiger partial charge in [0.05, 0.1) is 0 Å². The van der Waals surface area contributed by atoms with Crippen LogP contribution < -0.4 is 0 Å². The predicted octanol–water partition coefficient (Wildman–Crippen LogP) is 3.37. The van der Waals surface area contributed by atoms with Gasteiger partial charge in [-0.3, -0.25) is 0 Å². The highest BCUT2D eigenvalue weighted by molar-refractivity contribution is 5.15. The van der Waals surface area contributed by atoms with Crippen LogP contribution in [0.15, 0.2) is 0 Å². The van der Waals surface area contributed by atoms with E-state index in [1.54, 1.807) is 38.5 Å². The van der Waals surface area contributed by atoms with Gasteiger partial charge < -0.3 is 0 Å². The third-order valence-corrected chi connectivity index (χ3v) is 5.21. The van der Waals surface area contributed by atoms with Gasteiger partial charge in [0.1, 0.15) is 0 Å². The lowest BCUT2D eigenvalue weighted by molar-refractivity contribution is -0.0845. The largest absolute Gasteiger partial charge is 0.0591 e. The smallest absolute Gasteiger partial charge is 0.0215 e. The lowest BCUT2D eigenvalue weighted by Gasteiger charge is -2.57. The van der Waals surface area contributed by atoms with Crippen molar-refractivity contribution in [2.75, 3.05) is 0 Å². The zero-order chi connectivity index (χ0) is 7.53. The fourth-order valence-electron chi connectivity index (χ4n) is 4.63. The second kappa shape index (κ2) is 1.67. The maximum absolute atomic E-state index is 2.56. The van der Waals surface area contributed by atoms with Crippen LogP contribution in [0.2, 0.25) is 0 Å². The molecular formula is C11H18. The van der Waals surface area contributed by atoms with E-state index in [2.05, 4.69) is 6.92 Å². The molecule has 0 bridgehead atoms. The summed E-state index contributed by atoms with van der Waals surface area (Å²) in [5, 5.41) is 0. The summed E-state index contributed by atoms with van der Waals surface area (Å²) in [6, 6.07) is 0. The van der Waals surface area contributed by atoms with Crippen molar-refractivity contribution in [3.63, 3.8) is 0 Å². The Bertz CT molecular complexity index is 192. The molecule has 0 aromatic rings. The Balaban J connectivity index is 2.01. The van der Waals surface area contributed by atoms with Crippen LogP contribution in [0.25, 0.3) is 0 Å². The van der Waals surface area contributed by atoms with Crippen LogP contribution >= 0.6 is 0 Å². The van der Waals surface area contributed by atoms with E-state index >= 15 is 0 Å². The molecule has 3 fully saturated rings. The van der Waals surface area contributed by atoms with Gasteiger partial charge >= 0.3 is 0 Å². The quantitative estimate of drug-likeness (QED) is 0.496. The second-order valence-electron chi connectivity index (χ2n) is 5.36. The zero-order valence-corrected chi connectivity index (χ0v) is 7.53. The average molecular weight is 150 g/mol. The first-order valence-electron chi connectivity index (χ1n) is 5.27. The molecule has 3 rings (SSSR count). The number of hydrogen-bond donors (Lipinski definition) is 0. The molecule has 1 spiro atoms. The minimum atomic E-state index is 0.814. The molecule has 0 amide bonds. The third kappa shape index (κ3) is 0.522. The van der Waals surface area contributed by atoms with Crippen molar-refractivity contribution in [1.82, 2.24) is 0 Å². The molecule has 0 aliphatic heterocycles. The predicted molar refractivity (Wildman–Crippen MR) is 46.3 cm³/mol. The maximum Gasteiger partial charge on any atom is -0.0215 e. The summed E-state index contributed by atoms with van der Waals surface area (Å²) in [5.41, 5.74) is 1.70. The summed E-state index contributed by atoms with van der Waals surface area (Å²) >= 11 is 0. The van der Waals surface area contributed by atoms with Crippen LogP contribution in [0, 0.1) is 16.7 Å². The van der Waals surface area contributed by atoms with Crippen LogP contribution in [-0.4, -0.2) is 0 Å². The van der Waals surface area contributed by atoms with E-state index in [0.29, 0.717) is 0 Å².